The molecule has 1 aromatic carbocycles. The van der Waals surface area contributed by atoms with Gasteiger partial charge in [-0.2, -0.15) is 0 Å². The van der Waals surface area contributed by atoms with Crippen LogP contribution in [0, 0.1) is 10.1 Å². The SMILES string of the molecule is CCC(N)Cc1cc(OC)c([N+](=O)[O-])cc1OC.Cl. The minimum absolute atomic E-state index is 0. The Morgan fingerprint density at radius 3 is 2.32 bits per heavy atom. The summed E-state index contributed by atoms with van der Waals surface area (Å²) in [6.45, 7) is 1.99. The van der Waals surface area contributed by atoms with Gasteiger partial charge in [0.2, 0.25) is 0 Å². The fourth-order valence-corrected chi connectivity index (χ4v) is 1.67. The van der Waals surface area contributed by atoms with Crippen LogP contribution in [-0.2, 0) is 6.42 Å². The first-order valence-electron chi connectivity index (χ1n) is 5.68. The van der Waals surface area contributed by atoms with Gasteiger partial charge in [0.05, 0.1) is 25.2 Å². The second kappa shape index (κ2) is 7.81. The molecule has 1 aromatic rings. The lowest BCUT2D eigenvalue weighted by Crippen LogP contribution is -2.21. The molecule has 7 heteroatoms. The van der Waals surface area contributed by atoms with E-state index in [0.29, 0.717) is 12.2 Å². The fourth-order valence-electron chi connectivity index (χ4n) is 1.67. The molecule has 0 radical (unpaired) electrons. The molecule has 0 fully saturated rings. The van der Waals surface area contributed by atoms with Gasteiger partial charge in [0.1, 0.15) is 5.75 Å². The fraction of sp³-hybridized carbons (Fsp3) is 0.500. The third-order valence-electron chi connectivity index (χ3n) is 2.79. The Hall–Kier alpha value is -1.53. The summed E-state index contributed by atoms with van der Waals surface area (Å²) in [4.78, 5) is 10.4. The highest BCUT2D eigenvalue weighted by atomic mass is 35.5. The molecular formula is C12H19ClN2O4. The number of nitrogens with two attached hydrogens (primary N) is 1. The quantitative estimate of drug-likeness (QED) is 0.641. The number of hydrogen-bond acceptors (Lipinski definition) is 5. The van der Waals surface area contributed by atoms with Gasteiger partial charge in [-0.05, 0) is 24.5 Å². The number of ether oxygens (including phenoxy) is 2. The van der Waals surface area contributed by atoms with Gasteiger partial charge in [-0.15, -0.1) is 12.4 Å². The van der Waals surface area contributed by atoms with E-state index in [0.717, 1.165) is 12.0 Å². The van der Waals surface area contributed by atoms with Crippen molar-refractivity contribution in [2.45, 2.75) is 25.8 Å². The number of benzene rings is 1. The maximum Gasteiger partial charge on any atom is 0.314 e. The topological polar surface area (TPSA) is 87.6 Å². The zero-order valence-corrected chi connectivity index (χ0v) is 12.0. The van der Waals surface area contributed by atoms with Crippen LogP contribution < -0.4 is 15.2 Å². The summed E-state index contributed by atoms with van der Waals surface area (Å²) in [7, 11) is 2.88. The summed E-state index contributed by atoms with van der Waals surface area (Å²) >= 11 is 0. The Bertz CT molecular complexity index is 440. The van der Waals surface area contributed by atoms with E-state index in [4.69, 9.17) is 15.2 Å². The van der Waals surface area contributed by atoms with Crippen molar-refractivity contribution in [2.75, 3.05) is 14.2 Å². The number of halogens is 1. The highest BCUT2D eigenvalue weighted by molar-refractivity contribution is 5.85. The molecule has 0 aliphatic carbocycles. The minimum Gasteiger partial charge on any atom is -0.496 e. The van der Waals surface area contributed by atoms with Crippen LogP contribution in [0.2, 0.25) is 0 Å². The summed E-state index contributed by atoms with van der Waals surface area (Å²) in [5, 5.41) is 10.9. The Kier molecular flexibility index (Phi) is 7.18. The maximum absolute atomic E-state index is 10.9. The Morgan fingerprint density at radius 1 is 1.32 bits per heavy atom. The molecule has 0 bridgehead atoms. The van der Waals surface area contributed by atoms with Crippen LogP contribution in [-0.4, -0.2) is 25.2 Å². The highest BCUT2D eigenvalue weighted by Gasteiger charge is 2.20. The molecule has 19 heavy (non-hydrogen) atoms. The number of nitro benzene ring substituents is 1. The molecule has 0 saturated carbocycles. The Labute approximate surface area is 118 Å². The van der Waals surface area contributed by atoms with E-state index < -0.39 is 4.92 Å². The molecule has 2 N–H and O–H groups in total. The molecule has 0 heterocycles. The van der Waals surface area contributed by atoms with E-state index in [1.54, 1.807) is 6.07 Å². The lowest BCUT2D eigenvalue weighted by Gasteiger charge is -2.14. The summed E-state index contributed by atoms with van der Waals surface area (Å²) in [6.07, 6.45) is 1.41. The van der Waals surface area contributed by atoms with Gasteiger partial charge >= 0.3 is 5.69 Å². The van der Waals surface area contributed by atoms with Crippen molar-refractivity contribution >= 4 is 18.1 Å². The molecule has 6 nitrogen and oxygen atoms in total. The third-order valence-corrected chi connectivity index (χ3v) is 2.79. The first-order chi connectivity index (χ1) is 8.53. The molecule has 1 atom stereocenters. The van der Waals surface area contributed by atoms with E-state index in [2.05, 4.69) is 0 Å². The van der Waals surface area contributed by atoms with Crippen LogP contribution in [0.1, 0.15) is 18.9 Å². The second-order valence-corrected chi connectivity index (χ2v) is 3.97. The van der Waals surface area contributed by atoms with Crippen molar-refractivity contribution in [1.82, 2.24) is 0 Å². The predicted octanol–water partition coefficient (Wildman–Crippen LogP) is 2.31. The van der Waals surface area contributed by atoms with Gasteiger partial charge < -0.3 is 15.2 Å². The van der Waals surface area contributed by atoms with Crippen LogP contribution in [0.25, 0.3) is 0 Å². The molecular weight excluding hydrogens is 272 g/mol. The highest BCUT2D eigenvalue weighted by Crippen LogP contribution is 2.34. The number of nitro groups is 1. The average Bonchev–Trinajstić information content (AvgIpc) is 2.37. The Balaban J connectivity index is 0.00000324. The molecule has 0 aromatic heterocycles. The van der Waals surface area contributed by atoms with Crippen LogP contribution in [0.3, 0.4) is 0 Å². The first-order valence-corrected chi connectivity index (χ1v) is 5.68. The van der Waals surface area contributed by atoms with Crippen LogP contribution in [0.4, 0.5) is 5.69 Å². The van der Waals surface area contributed by atoms with Crippen molar-refractivity contribution in [3.63, 3.8) is 0 Å². The van der Waals surface area contributed by atoms with Crippen molar-refractivity contribution in [3.8, 4) is 11.5 Å². The Morgan fingerprint density at radius 2 is 1.89 bits per heavy atom. The summed E-state index contributed by atoms with van der Waals surface area (Å²) in [5.41, 5.74) is 6.59. The van der Waals surface area contributed by atoms with Crippen LogP contribution >= 0.6 is 12.4 Å². The normalized spacial score (nSPS) is 11.4. The smallest absolute Gasteiger partial charge is 0.314 e. The maximum atomic E-state index is 10.9. The average molecular weight is 291 g/mol. The van der Waals surface area contributed by atoms with E-state index in [9.17, 15) is 10.1 Å². The lowest BCUT2D eigenvalue weighted by molar-refractivity contribution is -0.385. The lowest BCUT2D eigenvalue weighted by atomic mass is 10.0. The second-order valence-electron chi connectivity index (χ2n) is 3.97. The zero-order valence-electron chi connectivity index (χ0n) is 11.2. The molecule has 1 rings (SSSR count). The molecule has 108 valence electrons. The number of nitrogens with zero attached hydrogens (tertiary/aromatic N) is 1. The number of rotatable bonds is 6. The standard InChI is InChI=1S/C12H18N2O4.ClH/c1-4-9(13)5-8-6-12(18-3)10(14(15)16)7-11(8)17-2;/h6-7,9H,4-5,13H2,1-3H3;1H. The summed E-state index contributed by atoms with van der Waals surface area (Å²) in [6, 6.07) is 2.98. The molecule has 0 spiro atoms. The number of methoxy groups -OCH3 is 2. The van der Waals surface area contributed by atoms with Gasteiger partial charge in [0.15, 0.2) is 5.75 Å². The molecule has 0 aliphatic rings. The monoisotopic (exact) mass is 290 g/mol. The first kappa shape index (κ1) is 17.5. The van der Waals surface area contributed by atoms with Gasteiger partial charge in [-0.3, -0.25) is 10.1 Å². The van der Waals surface area contributed by atoms with Crippen LogP contribution in [0.5, 0.6) is 11.5 Å². The zero-order chi connectivity index (χ0) is 13.7. The van der Waals surface area contributed by atoms with Crippen molar-refractivity contribution in [1.29, 1.82) is 0 Å². The van der Waals surface area contributed by atoms with Crippen molar-refractivity contribution in [2.24, 2.45) is 5.73 Å². The van der Waals surface area contributed by atoms with Gasteiger partial charge in [-0.25, -0.2) is 0 Å². The van der Waals surface area contributed by atoms with Crippen molar-refractivity contribution in [3.05, 3.63) is 27.8 Å². The van der Waals surface area contributed by atoms with E-state index >= 15 is 0 Å². The third kappa shape index (κ3) is 4.25. The molecule has 1 unspecified atom stereocenters. The summed E-state index contributed by atoms with van der Waals surface area (Å²) < 4.78 is 10.2. The van der Waals surface area contributed by atoms with Gasteiger partial charge in [0.25, 0.3) is 0 Å². The number of hydrogen-bond donors (Lipinski definition) is 1. The largest absolute Gasteiger partial charge is 0.496 e. The summed E-state index contributed by atoms with van der Waals surface area (Å²) in [5.74, 6) is 0.686. The predicted molar refractivity (Wildman–Crippen MR) is 75.4 cm³/mol. The molecule has 0 aliphatic heterocycles. The van der Waals surface area contributed by atoms with Gasteiger partial charge in [0, 0.05) is 6.04 Å². The van der Waals surface area contributed by atoms with E-state index in [1.807, 2.05) is 6.92 Å². The van der Waals surface area contributed by atoms with Crippen LogP contribution in [0.15, 0.2) is 12.1 Å². The minimum atomic E-state index is -0.495. The molecule has 0 saturated heterocycles. The van der Waals surface area contributed by atoms with Gasteiger partial charge in [-0.1, -0.05) is 6.92 Å². The van der Waals surface area contributed by atoms with E-state index in [1.165, 1.54) is 20.3 Å². The van der Waals surface area contributed by atoms with E-state index in [-0.39, 0.29) is 29.9 Å². The molecule has 0 amide bonds. The van der Waals surface area contributed by atoms with Crippen molar-refractivity contribution < 1.29 is 14.4 Å².